The highest BCUT2D eigenvalue weighted by Gasteiger charge is 2.33. The number of aromatic nitrogens is 2. The summed E-state index contributed by atoms with van der Waals surface area (Å²) in [7, 11) is 0. The Morgan fingerprint density at radius 1 is 1.19 bits per heavy atom. The number of hydrogen-bond donors (Lipinski definition) is 0. The van der Waals surface area contributed by atoms with Gasteiger partial charge in [0.1, 0.15) is 0 Å². The average molecular weight is 375 g/mol. The molecular weight excluding hydrogens is 369 g/mol. The molecule has 3 rings (SSSR count). The standard InChI is InChI=1S/C13H6BrF3N2OS/c14-8-3-1-7(2-4-8)9-6-21-12-18-10(13(15,16)17)5-11(20)19(9)12/h1-6H. The maximum absolute atomic E-state index is 12.7. The molecule has 1 aromatic carbocycles. The van der Waals surface area contributed by atoms with Crippen LogP contribution in [0.25, 0.3) is 16.2 Å². The smallest absolute Gasteiger partial charge is 0.269 e. The van der Waals surface area contributed by atoms with Crippen LogP contribution in [0.1, 0.15) is 5.69 Å². The monoisotopic (exact) mass is 374 g/mol. The lowest BCUT2D eigenvalue weighted by Crippen LogP contribution is -2.19. The van der Waals surface area contributed by atoms with Crippen LogP contribution in [0.15, 0.2) is 45.0 Å². The van der Waals surface area contributed by atoms with Crippen molar-refractivity contribution in [3.05, 3.63) is 56.2 Å². The third kappa shape index (κ3) is 2.60. The predicted molar refractivity (Wildman–Crippen MR) is 77.5 cm³/mol. The third-order valence-electron chi connectivity index (χ3n) is 2.84. The van der Waals surface area contributed by atoms with E-state index in [0.717, 1.165) is 21.4 Å². The molecule has 0 spiro atoms. The molecule has 108 valence electrons. The highest BCUT2D eigenvalue weighted by Crippen LogP contribution is 2.30. The van der Waals surface area contributed by atoms with Crippen molar-refractivity contribution in [2.24, 2.45) is 0 Å². The van der Waals surface area contributed by atoms with E-state index >= 15 is 0 Å². The molecule has 0 saturated carbocycles. The molecule has 0 aliphatic rings. The number of thiazole rings is 1. The van der Waals surface area contributed by atoms with Gasteiger partial charge in [-0.15, -0.1) is 11.3 Å². The summed E-state index contributed by atoms with van der Waals surface area (Å²) in [5, 5.41) is 1.62. The van der Waals surface area contributed by atoms with Gasteiger partial charge in [0.05, 0.1) is 5.69 Å². The topological polar surface area (TPSA) is 34.4 Å². The van der Waals surface area contributed by atoms with Crippen LogP contribution in [0.3, 0.4) is 0 Å². The number of halogens is 4. The zero-order valence-corrected chi connectivity index (χ0v) is 12.6. The zero-order valence-electron chi connectivity index (χ0n) is 10.2. The Bertz CT molecular complexity index is 868. The number of rotatable bonds is 1. The first-order valence-corrected chi connectivity index (χ1v) is 7.38. The Balaban J connectivity index is 2.24. The molecule has 0 aliphatic carbocycles. The minimum Gasteiger partial charge on any atom is -0.269 e. The quantitative estimate of drug-likeness (QED) is 0.639. The lowest BCUT2D eigenvalue weighted by atomic mass is 10.2. The molecule has 8 heteroatoms. The van der Waals surface area contributed by atoms with Crippen molar-refractivity contribution in [2.75, 3.05) is 0 Å². The van der Waals surface area contributed by atoms with Gasteiger partial charge in [-0.3, -0.25) is 9.20 Å². The van der Waals surface area contributed by atoms with Gasteiger partial charge in [-0.05, 0) is 17.7 Å². The molecule has 2 heterocycles. The van der Waals surface area contributed by atoms with Gasteiger partial charge >= 0.3 is 6.18 Å². The Kier molecular flexibility index (Phi) is 3.37. The Labute approximate surface area is 128 Å². The van der Waals surface area contributed by atoms with E-state index in [-0.39, 0.29) is 4.96 Å². The largest absolute Gasteiger partial charge is 0.433 e. The van der Waals surface area contributed by atoms with E-state index in [1.807, 2.05) is 0 Å². The fraction of sp³-hybridized carbons (Fsp3) is 0.0769. The van der Waals surface area contributed by atoms with Gasteiger partial charge in [0, 0.05) is 15.9 Å². The number of alkyl halides is 3. The first-order chi connectivity index (χ1) is 9.86. The van der Waals surface area contributed by atoms with E-state index in [4.69, 9.17) is 0 Å². The summed E-state index contributed by atoms with van der Waals surface area (Å²) in [5.74, 6) is 0. The van der Waals surface area contributed by atoms with E-state index in [1.54, 1.807) is 29.6 Å². The van der Waals surface area contributed by atoms with Gasteiger partial charge in [0.25, 0.3) is 5.56 Å². The van der Waals surface area contributed by atoms with Gasteiger partial charge in [0.15, 0.2) is 10.7 Å². The maximum atomic E-state index is 12.7. The van der Waals surface area contributed by atoms with Crippen molar-refractivity contribution < 1.29 is 13.2 Å². The van der Waals surface area contributed by atoms with Crippen molar-refractivity contribution in [1.82, 2.24) is 9.38 Å². The van der Waals surface area contributed by atoms with E-state index < -0.39 is 17.4 Å². The zero-order chi connectivity index (χ0) is 15.2. The number of benzene rings is 1. The lowest BCUT2D eigenvalue weighted by Gasteiger charge is -2.06. The van der Waals surface area contributed by atoms with Crippen LogP contribution >= 0.6 is 27.3 Å². The second-order valence-electron chi connectivity index (χ2n) is 4.22. The number of fused-ring (bicyclic) bond motifs is 1. The van der Waals surface area contributed by atoms with E-state index in [0.29, 0.717) is 11.8 Å². The summed E-state index contributed by atoms with van der Waals surface area (Å²) in [6, 6.07) is 7.65. The molecule has 3 nitrogen and oxygen atoms in total. The number of nitrogens with zero attached hydrogens (tertiary/aromatic N) is 2. The van der Waals surface area contributed by atoms with Gasteiger partial charge in [-0.1, -0.05) is 28.1 Å². The van der Waals surface area contributed by atoms with Crippen molar-refractivity contribution in [1.29, 1.82) is 0 Å². The van der Waals surface area contributed by atoms with E-state index in [2.05, 4.69) is 20.9 Å². The van der Waals surface area contributed by atoms with E-state index in [1.165, 1.54) is 4.40 Å². The van der Waals surface area contributed by atoms with Gasteiger partial charge in [-0.2, -0.15) is 13.2 Å². The van der Waals surface area contributed by atoms with Crippen LogP contribution in [-0.4, -0.2) is 9.38 Å². The fourth-order valence-corrected chi connectivity index (χ4v) is 3.05. The Morgan fingerprint density at radius 3 is 2.48 bits per heavy atom. The fourth-order valence-electron chi connectivity index (χ4n) is 1.89. The van der Waals surface area contributed by atoms with Gasteiger partial charge in [0.2, 0.25) is 0 Å². The molecule has 0 saturated heterocycles. The van der Waals surface area contributed by atoms with Crippen molar-refractivity contribution in [3.63, 3.8) is 0 Å². The molecule has 0 N–H and O–H groups in total. The summed E-state index contributed by atoms with van der Waals surface area (Å²) in [4.78, 5) is 15.5. The molecule has 21 heavy (non-hydrogen) atoms. The minimum absolute atomic E-state index is 0.0211. The molecule has 0 radical (unpaired) electrons. The van der Waals surface area contributed by atoms with Crippen molar-refractivity contribution in [2.45, 2.75) is 6.18 Å². The first-order valence-electron chi connectivity index (χ1n) is 5.71. The third-order valence-corrected chi connectivity index (χ3v) is 4.19. The molecule has 0 atom stereocenters. The molecule has 0 fully saturated rings. The molecule has 2 aromatic heterocycles. The summed E-state index contributed by atoms with van der Waals surface area (Å²) in [5.41, 5.74) is -0.662. The van der Waals surface area contributed by atoms with Crippen LogP contribution in [0.5, 0.6) is 0 Å². The molecule has 3 aromatic rings. The van der Waals surface area contributed by atoms with Crippen LogP contribution < -0.4 is 5.56 Å². The predicted octanol–water partition coefficient (Wildman–Crippen LogP) is 4.20. The summed E-state index contributed by atoms with van der Waals surface area (Å²) >= 11 is 4.30. The summed E-state index contributed by atoms with van der Waals surface area (Å²) in [6.07, 6.45) is -4.63. The van der Waals surface area contributed by atoms with Gasteiger partial charge in [-0.25, -0.2) is 4.98 Å². The maximum Gasteiger partial charge on any atom is 0.433 e. The Morgan fingerprint density at radius 2 is 1.86 bits per heavy atom. The second kappa shape index (κ2) is 4.96. The SMILES string of the molecule is O=c1cc(C(F)(F)F)nc2scc(-c3ccc(Br)cc3)n12. The highest BCUT2D eigenvalue weighted by molar-refractivity contribution is 9.10. The molecule has 0 bridgehead atoms. The van der Waals surface area contributed by atoms with Crippen molar-refractivity contribution >= 4 is 32.2 Å². The second-order valence-corrected chi connectivity index (χ2v) is 5.98. The van der Waals surface area contributed by atoms with Gasteiger partial charge < -0.3 is 0 Å². The first kappa shape index (κ1) is 14.3. The molecular formula is C13H6BrF3N2OS. The molecule has 0 unspecified atom stereocenters. The van der Waals surface area contributed by atoms with Crippen LogP contribution in [-0.2, 0) is 6.18 Å². The average Bonchev–Trinajstić information content (AvgIpc) is 2.83. The summed E-state index contributed by atoms with van der Waals surface area (Å²) < 4.78 is 40.0. The minimum atomic E-state index is -4.63. The van der Waals surface area contributed by atoms with Crippen molar-refractivity contribution in [3.8, 4) is 11.3 Å². The lowest BCUT2D eigenvalue weighted by molar-refractivity contribution is -0.141. The molecule has 0 aliphatic heterocycles. The Hall–Kier alpha value is -1.67. The molecule has 0 amide bonds. The van der Waals surface area contributed by atoms with Crippen LogP contribution in [0.4, 0.5) is 13.2 Å². The van der Waals surface area contributed by atoms with E-state index in [9.17, 15) is 18.0 Å². The highest BCUT2D eigenvalue weighted by atomic mass is 79.9. The van der Waals surface area contributed by atoms with Crippen LogP contribution in [0, 0.1) is 0 Å². The summed E-state index contributed by atoms with van der Waals surface area (Å²) in [6.45, 7) is 0. The number of hydrogen-bond acceptors (Lipinski definition) is 3. The normalized spacial score (nSPS) is 12.0. The van der Waals surface area contributed by atoms with Crippen LogP contribution in [0.2, 0.25) is 0 Å².